The molecular formula is C16H14FN3O4S. The number of hydrogen-bond donors (Lipinski definition) is 0. The van der Waals surface area contributed by atoms with Crippen LogP contribution >= 0.6 is 0 Å². The minimum absolute atomic E-state index is 0.183. The molecule has 0 saturated heterocycles. The van der Waals surface area contributed by atoms with Crippen LogP contribution in [0.15, 0.2) is 48.7 Å². The van der Waals surface area contributed by atoms with Crippen LogP contribution in [0.5, 0.6) is 5.75 Å². The van der Waals surface area contributed by atoms with Gasteiger partial charge in [0.1, 0.15) is 5.75 Å². The zero-order valence-corrected chi connectivity index (χ0v) is 14.2. The van der Waals surface area contributed by atoms with Crippen molar-refractivity contribution in [2.24, 2.45) is 0 Å². The summed E-state index contributed by atoms with van der Waals surface area (Å²) in [6, 6.07) is 11.2. The zero-order valence-electron chi connectivity index (χ0n) is 13.4. The molecule has 0 aliphatic heterocycles. The molecular weight excluding hydrogens is 349 g/mol. The molecule has 2 aromatic heterocycles. The monoisotopic (exact) mass is 363 g/mol. The third-order valence-electron chi connectivity index (χ3n) is 3.45. The van der Waals surface area contributed by atoms with Crippen molar-refractivity contribution in [3.8, 4) is 17.0 Å². The highest BCUT2D eigenvalue weighted by Crippen LogP contribution is 2.28. The molecule has 0 radical (unpaired) electrons. The van der Waals surface area contributed by atoms with Gasteiger partial charge in [-0.15, -0.1) is 0 Å². The van der Waals surface area contributed by atoms with Gasteiger partial charge in [-0.3, -0.25) is 9.20 Å². The smallest absolute Gasteiger partial charge is 0.358 e. The Kier molecular flexibility index (Phi) is 4.17. The predicted molar refractivity (Wildman–Crippen MR) is 89.3 cm³/mol. The second-order valence-corrected chi connectivity index (χ2v) is 6.40. The van der Waals surface area contributed by atoms with E-state index in [9.17, 15) is 17.1 Å². The van der Waals surface area contributed by atoms with Crippen molar-refractivity contribution in [2.45, 2.75) is 0 Å². The van der Waals surface area contributed by atoms with Crippen molar-refractivity contribution in [1.82, 2.24) is 14.3 Å². The molecule has 0 saturated carbocycles. The first-order valence-corrected chi connectivity index (χ1v) is 8.50. The minimum Gasteiger partial charge on any atom is -0.358 e. The van der Waals surface area contributed by atoms with Crippen molar-refractivity contribution in [3.63, 3.8) is 0 Å². The van der Waals surface area contributed by atoms with Gasteiger partial charge in [0, 0.05) is 25.9 Å². The number of amides is 1. The number of carbonyl (C=O) groups is 1. The highest BCUT2D eigenvalue weighted by Gasteiger charge is 2.20. The molecule has 2 heterocycles. The molecule has 0 unspecified atom stereocenters. The average molecular weight is 363 g/mol. The van der Waals surface area contributed by atoms with Crippen LogP contribution in [0.2, 0.25) is 0 Å². The van der Waals surface area contributed by atoms with Gasteiger partial charge in [0.15, 0.2) is 0 Å². The maximum atomic E-state index is 12.7. The Hall–Kier alpha value is -2.94. The summed E-state index contributed by atoms with van der Waals surface area (Å²) >= 11 is 0. The lowest BCUT2D eigenvalue weighted by Crippen LogP contribution is -2.24. The fourth-order valence-electron chi connectivity index (χ4n) is 2.41. The molecule has 0 aliphatic rings. The number of imidazole rings is 1. The van der Waals surface area contributed by atoms with E-state index < -0.39 is 10.5 Å². The maximum Gasteiger partial charge on any atom is 0.488 e. The van der Waals surface area contributed by atoms with Crippen molar-refractivity contribution >= 4 is 21.9 Å². The zero-order chi connectivity index (χ0) is 18.2. The summed E-state index contributed by atoms with van der Waals surface area (Å²) in [5.41, 5.74) is 1.59. The molecule has 3 rings (SSSR count). The third kappa shape index (κ3) is 3.45. The van der Waals surface area contributed by atoms with E-state index in [2.05, 4.69) is 9.17 Å². The van der Waals surface area contributed by atoms with Gasteiger partial charge in [-0.2, -0.15) is 8.42 Å². The van der Waals surface area contributed by atoms with Gasteiger partial charge in [0.2, 0.25) is 5.82 Å². The van der Waals surface area contributed by atoms with Crippen LogP contribution in [0.1, 0.15) is 10.6 Å². The molecule has 1 amide bonds. The number of carbonyl (C=O) groups excluding carboxylic acids is 1. The number of fused-ring (bicyclic) bond motifs is 1. The fraction of sp³-hybridized carbons (Fsp3) is 0.125. The molecule has 0 N–H and O–H groups in total. The van der Waals surface area contributed by atoms with Gasteiger partial charge in [-0.25, -0.2) is 4.98 Å². The lowest BCUT2D eigenvalue weighted by Gasteiger charge is -2.08. The topological polar surface area (TPSA) is 81.0 Å². The summed E-state index contributed by atoms with van der Waals surface area (Å²) in [6.45, 7) is 0. The number of halogens is 1. The summed E-state index contributed by atoms with van der Waals surface area (Å²) in [5, 5.41) is 0. The first kappa shape index (κ1) is 16.9. The van der Waals surface area contributed by atoms with Crippen LogP contribution in [0.25, 0.3) is 16.8 Å². The standard InChI is InChI=1S/C16H14FN3O4S/c1-19(2)16(21)15-18-14(13-8-3-4-9-20(13)15)11-6-5-7-12(10-11)24-25(17,22)23/h3-10H,1-2H3. The third-order valence-corrected chi connectivity index (χ3v) is 3.84. The van der Waals surface area contributed by atoms with Crippen LogP contribution in [-0.4, -0.2) is 42.7 Å². The SMILES string of the molecule is CN(C)C(=O)c1nc(-c2cccc(OS(=O)(=O)F)c2)c2ccccn12. The van der Waals surface area contributed by atoms with E-state index in [0.29, 0.717) is 16.8 Å². The molecule has 0 atom stereocenters. The average Bonchev–Trinajstić information content (AvgIpc) is 2.92. The molecule has 9 heteroatoms. The Balaban J connectivity index is 2.17. The van der Waals surface area contributed by atoms with Crippen LogP contribution in [0.4, 0.5) is 3.89 Å². The Morgan fingerprint density at radius 3 is 2.64 bits per heavy atom. The Labute approximate surface area is 143 Å². The summed E-state index contributed by atoms with van der Waals surface area (Å²) in [5.74, 6) is -0.260. The fourth-order valence-corrected chi connectivity index (χ4v) is 2.74. The van der Waals surface area contributed by atoms with Crippen molar-refractivity contribution in [2.75, 3.05) is 14.1 Å². The molecule has 7 nitrogen and oxygen atoms in total. The molecule has 25 heavy (non-hydrogen) atoms. The van der Waals surface area contributed by atoms with Crippen molar-refractivity contribution < 1.29 is 21.3 Å². The highest BCUT2D eigenvalue weighted by atomic mass is 32.3. The number of rotatable bonds is 4. The molecule has 1 aromatic carbocycles. The number of hydrogen-bond acceptors (Lipinski definition) is 5. The van der Waals surface area contributed by atoms with E-state index in [1.54, 1.807) is 49.0 Å². The van der Waals surface area contributed by atoms with Gasteiger partial charge in [0.25, 0.3) is 5.91 Å². The predicted octanol–water partition coefficient (Wildman–Crippen LogP) is 2.30. The molecule has 0 bridgehead atoms. The summed E-state index contributed by atoms with van der Waals surface area (Å²) in [7, 11) is -1.89. The quantitative estimate of drug-likeness (QED) is 0.665. The van der Waals surface area contributed by atoms with Crippen LogP contribution < -0.4 is 4.18 Å². The first-order valence-electron chi connectivity index (χ1n) is 7.19. The largest absolute Gasteiger partial charge is 0.488 e. The van der Waals surface area contributed by atoms with E-state index in [1.807, 2.05) is 0 Å². The van der Waals surface area contributed by atoms with Crippen LogP contribution in [0, 0.1) is 0 Å². The molecule has 0 fully saturated rings. The Bertz CT molecular complexity index is 1060. The Morgan fingerprint density at radius 1 is 1.20 bits per heavy atom. The molecule has 0 spiro atoms. The number of benzene rings is 1. The van der Waals surface area contributed by atoms with Crippen molar-refractivity contribution in [1.29, 1.82) is 0 Å². The Morgan fingerprint density at radius 2 is 1.96 bits per heavy atom. The lowest BCUT2D eigenvalue weighted by atomic mass is 10.1. The first-order chi connectivity index (χ1) is 11.8. The van der Waals surface area contributed by atoms with Gasteiger partial charge in [0.05, 0.1) is 11.2 Å². The highest BCUT2D eigenvalue weighted by molar-refractivity contribution is 7.81. The molecule has 3 aromatic rings. The minimum atomic E-state index is -5.12. The van der Waals surface area contributed by atoms with Crippen LogP contribution in [-0.2, 0) is 10.5 Å². The maximum absolute atomic E-state index is 12.7. The summed E-state index contributed by atoms with van der Waals surface area (Å²) in [4.78, 5) is 18.1. The van der Waals surface area contributed by atoms with E-state index in [4.69, 9.17) is 0 Å². The normalized spacial score (nSPS) is 11.5. The van der Waals surface area contributed by atoms with Gasteiger partial charge in [-0.05, 0) is 24.3 Å². The second kappa shape index (κ2) is 6.17. The second-order valence-electron chi connectivity index (χ2n) is 5.44. The van der Waals surface area contributed by atoms with Gasteiger partial charge in [-0.1, -0.05) is 22.1 Å². The van der Waals surface area contributed by atoms with Crippen LogP contribution in [0.3, 0.4) is 0 Å². The summed E-state index contributed by atoms with van der Waals surface area (Å²) in [6.07, 6.45) is 1.70. The summed E-state index contributed by atoms with van der Waals surface area (Å²) < 4.78 is 40.0. The number of aromatic nitrogens is 2. The number of nitrogens with zero attached hydrogens (tertiary/aromatic N) is 3. The van der Waals surface area contributed by atoms with E-state index in [-0.39, 0.29) is 17.5 Å². The van der Waals surface area contributed by atoms with E-state index in [1.165, 1.54) is 23.1 Å². The van der Waals surface area contributed by atoms with Gasteiger partial charge < -0.3 is 9.08 Å². The van der Waals surface area contributed by atoms with Crippen molar-refractivity contribution in [3.05, 3.63) is 54.5 Å². The van der Waals surface area contributed by atoms with E-state index in [0.717, 1.165) is 0 Å². The molecule has 130 valence electrons. The van der Waals surface area contributed by atoms with Gasteiger partial charge >= 0.3 is 10.5 Å². The number of pyridine rings is 1. The van der Waals surface area contributed by atoms with E-state index >= 15 is 0 Å². The lowest BCUT2D eigenvalue weighted by molar-refractivity contribution is 0.0815. The molecule has 0 aliphatic carbocycles.